The van der Waals surface area contributed by atoms with Gasteiger partial charge >= 0.3 is 0 Å². The van der Waals surface area contributed by atoms with Crippen LogP contribution in [-0.2, 0) is 0 Å². The van der Waals surface area contributed by atoms with Crippen LogP contribution < -0.4 is 5.43 Å². The van der Waals surface area contributed by atoms with E-state index in [2.05, 4.69) is 15.5 Å². The monoisotopic (exact) mass is 421 g/mol. The van der Waals surface area contributed by atoms with Gasteiger partial charge in [-0.2, -0.15) is 5.10 Å². The number of furan rings is 1. The average molecular weight is 422 g/mol. The van der Waals surface area contributed by atoms with Crippen molar-refractivity contribution in [3.63, 3.8) is 0 Å². The van der Waals surface area contributed by atoms with Gasteiger partial charge in [0.05, 0.1) is 21.1 Å². The van der Waals surface area contributed by atoms with Gasteiger partial charge in [0.15, 0.2) is 0 Å². The molecule has 142 valence electrons. The molecule has 0 fully saturated rings. The Morgan fingerprint density at radius 1 is 1.07 bits per heavy atom. The summed E-state index contributed by atoms with van der Waals surface area (Å²) >= 11 is 11.9. The highest BCUT2D eigenvalue weighted by molar-refractivity contribution is 6.37. The Morgan fingerprint density at radius 2 is 1.86 bits per heavy atom. The second kappa shape index (κ2) is 8.03. The minimum absolute atomic E-state index is 0.0770. The molecule has 0 aliphatic carbocycles. The number of nitro benzene ring substituents is 1. The van der Waals surface area contributed by atoms with Crippen molar-refractivity contribution in [1.82, 2.24) is 4.98 Å². The minimum Gasteiger partial charge on any atom is -0.455 e. The lowest BCUT2D eigenvalue weighted by molar-refractivity contribution is -0.385. The van der Waals surface area contributed by atoms with Crippen LogP contribution in [0.4, 0.5) is 17.2 Å². The summed E-state index contributed by atoms with van der Waals surface area (Å²) in [6, 6.07) is 8.34. The van der Waals surface area contributed by atoms with Crippen LogP contribution >= 0.6 is 23.2 Å². The molecule has 0 unspecified atom stereocenters. The van der Waals surface area contributed by atoms with Crippen molar-refractivity contribution in [2.24, 2.45) is 5.10 Å². The Balaban J connectivity index is 1.75. The molecule has 0 radical (unpaired) electrons. The van der Waals surface area contributed by atoms with Crippen molar-refractivity contribution >= 4 is 46.6 Å². The van der Waals surface area contributed by atoms with E-state index in [4.69, 9.17) is 27.6 Å². The standard InChI is InChI=1S/C16H9Cl2N5O5/c17-12-6-13(18)14(23(26)27)5-11(12)15-3-2-10(28-15)8-20-21-16-4-1-9(7-19-16)22(24)25/h1-8H,(H,19,21)/b20-8+. The molecule has 0 spiro atoms. The normalized spacial score (nSPS) is 10.9. The molecule has 12 heteroatoms. The van der Waals surface area contributed by atoms with Crippen LogP contribution in [0.2, 0.25) is 10.0 Å². The van der Waals surface area contributed by atoms with Crippen LogP contribution in [0.25, 0.3) is 11.3 Å². The second-order valence-electron chi connectivity index (χ2n) is 5.27. The van der Waals surface area contributed by atoms with Crippen LogP contribution in [0.1, 0.15) is 5.76 Å². The molecule has 0 aliphatic heterocycles. The fourth-order valence-corrected chi connectivity index (χ4v) is 2.70. The first-order valence-corrected chi connectivity index (χ1v) is 8.24. The van der Waals surface area contributed by atoms with Crippen LogP contribution in [-0.4, -0.2) is 21.0 Å². The quantitative estimate of drug-likeness (QED) is 0.338. The molecule has 2 heterocycles. The molecule has 2 aromatic heterocycles. The van der Waals surface area contributed by atoms with Crippen molar-refractivity contribution in [3.05, 3.63) is 78.6 Å². The van der Waals surface area contributed by atoms with Crippen molar-refractivity contribution in [1.29, 1.82) is 0 Å². The minimum atomic E-state index is -0.616. The molecule has 0 saturated carbocycles. The maximum absolute atomic E-state index is 11.0. The number of aromatic nitrogens is 1. The fraction of sp³-hybridized carbons (Fsp3) is 0. The zero-order valence-electron chi connectivity index (χ0n) is 13.7. The number of benzene rings is 1. The van der Waals surface area contributed by atoms with Gasteiger partial charge in [-0.15, -0.1) is 0 Å². The number of nitrogens with one attached hydrogen (secondary N) is 1. The number of nitro groups is 2. The zero-order valence-corrected chi connectivity index (χ0v) is 15.2. The van der Waals surface area contributed by atoms with Crippen molar-refractivity contribution in [3.8, 4) is 11.3 Å². The third kappa shape index (κ3) is 4.24. The maximum Gasteiger partial charge on any atom is 0.288 e. The number of halogens is 2. The SMILES string of the molecule is O=[N+]([O-])c1ccc(N/N=C/c2ccc(-c3cc([N+](=O)[O-])c(Cl)cc3Cl)o2)nc1. The number of hydrazone groups is 1. The Bertz CT molecular complexity index is 1080. The molecule has 10 nitrogen and oxygen atoms in total. The summed E-state index contributed by atoms with van der Waals surface area (Å²) in [6.45, 7) is 0. The lowest BCUT2D eigenvalue weighted by Gasteiger charge is -2.02. The summed E-state index contributed by atoms with van der Waals surface area (Å²) in [5.41, 5.74) is 2.47. The first-order chi connectivity index (χ1) is 13.3. The molecule has 3 aromatic rings. The van der Waals surface area contributed by atoms with Crippen LogP contribution in [0, 0.1) is 20.2 Å². The summed E-state index contributed by atoms with van der Waals surface area (Å²) in [7, 11) is 0. The molecule has 1 aromatic carbocycles. The third-order valence-electron chi connectivity index (χ3n) is 3.46. The molecular weight excluding hydrogens is 413 g/mol. The molecule has 0 saturated heterocycles. The zero-order chi connectivity index (χ0) is 20.3. The van der Waals surface area contributed by atoms with E-state index in [9.17, 15) is 20.2 Å². The number of hydrogen-bond acceptors (Lipinski definition) is 8. The molecule has 0 aliphatic rings. The fourth-order valence-electron chi connectivity index (χ4n) is 2.16. The van der Waals surface area contributed by atoms with Crippen molar-refractivity contribution in [2.45, 2.75) is 0 Å². The average Bonchev–Trinajstić information content (AvgIpc) is 3.10. The number of anilines is 1. The molecule has 0 amide bonds. The van der Waals surface area contributed by atoms with E-state index in [-0.39, 0.29) is 21.4 Å². The lowest BCUT2D eigenvalue weighted by atomic mass is 10.1. The Hall–Kier alpha value is -3.50. The number of nitrogens with zero attached hydrogens (tertiary/aromatic N) is 4. The number of hydrogen-bond donors (Lipinski definition) is 1. The highest BCUT2D eigenvalue weighted by atomic mass is 35.5. The van der Waals surface area contributed by atoms with E-state index >= 15 is 0 Å². The van der Waals surface area contributed by atoms with Gasteiger partial charge in [0, 0.05) is 17.7 Å². The summed E-state index contributed by atoms with van der Waals surface area (Å²) in [5.74, 6) is 0.919. The second-order valence-corrected chi connectivity index (χ2v) is 6.09. The Morgan fingerprint density at radius 3 is 2.50 bits per heavy atom. The largest absolute Gasteiger partial charge is 0.455 e. The van der Waals surface area contributed by atoms with E-state index in [1.54, 1.807) is 12.1 Å². The summed E-state index contributed by atoms with van der Waals surface area (Å²) in [6.07, 6.45) is 2.43. The van der Waals surface area contributed by atoms with Gasteiger partial charge in [-0.25, -0.2) is 4.98 Å². The van der Waals surface area contributed by atoms with Gasteiger partial charge in [-0.3, -0.25) is 25.7 Å². The van der Waals surface area contributed by atoms with Gasteiger partial charge < -0.3 is 4.42 Å². The highest BCUT2D eigenvalue weighted by Crippen LogP contribution is 2.37. The molecule has 1 N–H and O–H groups in total. The van der Waals surface area contributed by atoms with Crippen molar-refractivity contribution < 1.29 is 14.3 Å². The van der Waals surface area contributed by atoms with E-state index in [1.165, 1.54) is 30.5 Å². The summed E-state index contributed by atoms with van der Waals surface area (Å²) < 4.78 is 5.56. The Kier molecular flexibility index (Phi) is 5.52. The van der Waals surface area contributed by atoms with Gasteiger partial charge in [-0.05, 0) is 24.3 Å². The Labute approximate surface area is 166 Å². The van der Waals surface area contributed by atoms with E-state index in [1.807, 2.05) is 0 Å². The maximum atomic E-state index is 11.0. The van der Waals surface area contributed by atoms with Crippen LogP contribution in [0.5, 0.6) is 0 Å². The smallest absolute Gasteiger partial charge is 0.288 e. The van der Waals surface area contributed by atoms with E-state index in [0.29, 0.717) is 22.9 Å². The first kappa shape index (κ1) is 19.3. The lowest BCUT2D eigenvalue weighted by Crippen LogP contribution is -1.94. The van der Waals surface area contributed by atoms with Crippen LogP contribution in [0.15, 0.2) is 52.1 Å². The number of rotatable bonds is 6. The predicted molar refractivity (Wildman–Crippen MR) is 103 cm³/mol. The third-order valence-corrected chi connectivity index (χ3v) is 4.07. The van der Waals surface area contributed by atoms with E-state index < -0.39 is 9.85 Å². The van der Waals surface area contributed by atoms with Gasteiger partial charge in [-0.1, -0.05) is 23.2 Å². The highest BCUT2D eigenvalue weighted by Gasteiger charge is 2.18. The number of pyridine rings is 1. The van der Waals surface area contributed by atoms with E-state index in [0.717, 1.165) is 6.20 Å². The molecular formula is C16H9Cl2N5O5. The van der Waals surface area contributed by atoms with Gasteiger partial charge in [0.25, 0.3) is 11.4 Å². The van der Waals surface area contributed by atoms with Crippen molar-refractivity contribution in [2.75, 3.05) is 5.43 Å². The van der Waals surface area contributed by atoms with Gasteiger partial charge in [0.1, 0.15) is 28.6 Å². The molecule has 0 atom stereocenters. The first-order valence-electron chi connectivity index (χ1n) is 7.48. The predicted octanol–water partition coefficient (Wildman–Crippen LogP) is 4.91. The summed E-state index contributed by atoms with van der Waals surface area (Å²) in [4.78, 5) is 24.3. The molecule has 3 rings (SSSR count). The topological polar surface area (TPSA) is 137 Å². The molecule has 28 heavy (non-hydrogen) atoms. The summed E-state index contributed by atoms with van der Waals surface area (Å²) in [5, 5.41) is 25.6. The van der Waals surface area contributed by atoms with Gasteiger partial charge in [0.2, 0.25) is 0 Å². The van der Waals surface area contributed by atoms with Crippen LogP contribution in [0.3, 0.4) is 0 Å². The molecule has 0 bridgehead atoms.